The van der Waals surface area contributed by atoms with E-state index in [4.69, 9.17) is 9.29 Å². The summed E-state index contributed by atoms with van der Waals surface area (Å²) < 4.78 is 77.7. The number of aryl methyl sites for hydroxylation is 1. The van der Waals surface area contributed by atoms with Gasteiger partial charge in [0.05, 0.1) is 29.8 Å². The monoisotopic (exact) mass is 634 g/mol. The van der Waals surface area contributed by atoms with Crippen molar-refractivity contribution in [2.24, 2.45) is 0 Å². The van der Waals surface area contributed by atoms with E-state index in [2.05, 4.69) is 4.98 Å². The molecule has 1 aliphatic heterocycles. The van der Waals surface area contributed by atoms with Crippen LogP contribution in [0.1, 0.15) is 27.2 Å². The van der Waals surface area contributed by atoms with Gasteiger partial charge in [0.25, 0.3) is 16.0 Å². The number of hydroxylamine groups is 2. The Morgan fingerprint density at radius 1 is 1.07 bits per heavy atom. The van der Waals surface area contributed by atoms with Gasteiger partial charge in [-0.3, -0.25) is 14.6 Å². The van der Waals surface area contributed by atoms with Gasteiger partial charge in [-0.05, 0) is 48.7 Å². The molecule has 0 fully saturated rings. The first-order chi connectivity index (χ1) is 20.2. The van der Waals surface area contributed by atoms with Gasteiger partial charge in [-0.1, -0.05) is 29.8 Å². The molecular weight excluding hydrogens is 603 g/mol. The summed E-state index contributed by atoms with van der Waals surface area (Å²) in [6.45, 7) is 2.54. The van der Waals surface area contributed by atoms with Gasteiger partial charge >= 0.3 is 0 Å². The number of carbonyl (C=O) groups is 1. The fourth-order valence-corrected chi connectivity index (χ4v) is 6.39. The van der Waals surface area contributed by atoms with Crippen LogP contribution in [0.5, 0.6) is 0 Å². The van der Waals surface area contributed by atoms with E-state index in [9.17, 15) is 31.2 Å². The number of methoxy groups -OCH3 is 1. The van der Waals surface area contributed by atoms with Crippen LogP contribution in [0.3, 0.4) is 0 Å². The van der Waals surface area contributed by atoms with Crippen LogP contribution in [0.15, 0.2) is 70.7 Å². The van der Waals surface area contributed by atoms with Gasteiger partial charge in [-0.15, -0.1) is 0 Å². The minimum atomic E-state index is -4.02. The zero-order valence-electron chi connectivity index (χ0n) is 23.6. The lowest BCUT2D eigenvalue weighted by atomic mass is 10.0. The van der Waals surface area contributed by atoms with E-state index in [1.807, 2.05) is 6.92 Å². The number of benzene rings is 2. The third-order valence-electron chi connectivity index (χ3n) is 6.88. The number of sulfonamides is 1. The standard InChI is InChI=1S/C21H23FN4O5S.C7H8O3S/c1-24(9-10-31-2)32(29,30)18-13-25(12-14-3-5-15(22)6-4-14)17-11-23-20-16(19(17)18)7-8-26(28)21(20)27;1-6-2-4-7(5-3-6)11(8,9)10/h3-6,11,13,28H,7-10,12H2,1-2H3;2-5H,1H3,(H,8,9,10). The molecule has 0 saturated heterocycles. The first-order valence-corrected chi connectivity index (χ1v) is 15.9. The molecule has 0 spiro atoms. The predicted octanol–water partition coefficient (Wildman–Crippen LogP) is 3.12. The summed E-state index contributed by atoms with van der Waals surface area (Å²) in [4.78, 5) is 16.6. The Labute approximate surface area is 248 Å². The van der Waals surface area contributed by atoms with E-state index in [1.165, 1.54) is 55.1 Å². The fraction of sp³-hybridized carbons (Fsp3) is 0.286. The zero-order valence-corrected chi connectivity index (χ0v) is 25.3. The van der Waals surface area contributed by atoms with Gasteiger partial charge in [0.1, 0.15) is 16.4 Å². The van der Waals surface area contributed by atoms with E-state index >= 15 is 0 Å². The molecule has 0 aliphatic carbocycles. The van der Waals surface area contributed by atoms with Crippen LogP contribution in [-0.4, -0.2) is 85.3 Å². The largest absolute Gasteiger partial charge is 0.383 e. The number of likely N-dealkylation sites (N-methyl/N-ethyl adjacent to an activating group) is 1. The Hall–Kier alpha value is -3.73. The average molecular weight is 635 g/mol. The molecule has 2 aromatic carbocycles. The topological polar surface area (TPSA) is 159 Å². The highest BCUT2D eigenvalue weighted by Gasteiger charge is 2.33. The Morgan fingerprint density at radius 2 is 1.72 bits per heavy atom. The lowest BCUT2D eigenvalue weighted by Gasteiger charge is -2.23. The number of pyridine rings is 1. The number of amides is 1. The minimum Gasteiger partial charge on any atom is -0.383 e. The summed E-state index contributed by atoms with van der Waals surface area (Å²) >= 11 is 0. The Morgan fingerprint density at radius 3 is 2.33 bits per heavy atom. The molecule has 43 heavy (non-hydrogen) atoms. The molecule has 15 heteroatoms. The van der Waals surface area contributed by atoms with Gasteiger partial charge in [0, 0.05) is 38.8 Å². The molecule has 1 aliphatic rings. The van der Waals surface area contributed by atoms with Crippen LogP contribution >= 0.6 is 0 Å². The van der Waals surface area contributed by atoms with E-state index in [1.54, 1.807) is 28.8 Å². The Kier molecular flexibility index (Phi) is 9.63. The number of nitrogens with zero attached hydrogens (tertiary/aromatic N) is 4. The normalized spacial score (nSPS) is 13.7. The van der Waals surface area contributed by atoms with Gasteiger partial charge in [-0.25, -0.2) is 22.9 Å². The maximum absolute atomic E-state index is 13.4. The SMILES string of the molecule is COCCN(C)S(=O)(=O)c1cn(Cc2ccc(F)cc2)c2cnc3c(c12)CCN(O)C3=O.Cc1ccc(S(=O)(=O)O)cc1. The fourth-order valence-electron chi connectivity index (χ4n) is 4.51. The maximum atomic E-state index is 13.4. The molecule has 230 valence electrons. The third-order valence-corrected chi connectivity index (χ3v) is 9.62. The highest BCUT2D eigenvalue weighted by atomic mass is 32.2. The molecule has 3 heterocycles. The summed E-state index contributed by atoms with van der Waals surface area (Å²) in [5.41, 5.74) is 2.77. The van der Waals surface area contributed by atoms with Gasteiger partial charge in [0.15, 0.2) is 0 Å². The third kappa shape index (κ3) is 7.09. The Bertz CT molecular complexity index is 1840. The van der Waals surface area contributed by atoms with Crippen molar-refractivity contribution >= 4 is 37.0 Å². The molecule has 5 rings (SSSR count). The number of ether oxygens (including phenoxy) is 1. The van der Waals surface area contributed by atoms with Crippen molar-refractivity contribution in [2.75, 3.05) is 33.9 Å². The van der Waals surface area contributed by atoms with E-state index < -0.39 is 26.0 Å². The van der Waals surface area contributed by atoms with Gasteiger partial charge in [0.2, 0.25) is 10.0 Å². The number of halogens is 1. The van der Waals surface area contributed by atoms with Crippen LogP contribution < -0.4 is 0 Å². The number of rotatable bonds is 8. The van der Waals surface area contributed by atoms with Crippen molar-refractivity contribution in [3.63, 3.8) is 0 Å². The van der Waals surface area contributed by atoms with E-state index in [0.29, 0.717) is 21.5 Å². The average Bonchev–Trinajstić information content (AvgIpc) is 3.34. The highest BCUT2D eigenvalue weighted by Crippen LogP contribution is 2.34. The van der Waals surface area contributed by atoms with Crippen LogP contribution in [0, 0.1) is 12.7 Å². The zero-order chi connectivity index (χ0) is 31.5. The minimum absolute atomic E-state index is 0.0294. The smallest absolute Gasteiger partial charge is 0.296 e. The lowest BCUT2D eigenvalue weighted by Crippen LogP contribution is -2.36. The molecule has 4 aromatic rings. The maximum Gasteiger partial charge on any atom is 0.296 e. The Balaban J connectivity index is 0.000000324. The highest BCUT2D eigenvalue weighted by molar-refractivity contribution is 7.89. The van der Waals surface area contributed by atoms with Crippen LogP contribution in [-0.2, 0) is 37.8 Å². The first-order valence-electron chi connectivity index (χ1n) is 13.0. The molecule has 0 atom stereocenters. The summed E-state index contributed by atoms with van der Waals surface area (Å²) in [5, 5.41) is 10.8. The molecule has 0 unspecified atom stereocenters. The van der Waals surface area contributed by atoms with Crippen molar-refractivity contribution in [1.29, 1.82) is 0 Å². The number of hydrogen-bond donors (Lipinski definition) is 2. The summed E-state index contributed by atoms with van der Waals surface area (Å²) in [7, 11) is -4.99. The van der Waals surface area contributed by atoms with Crippen molar-refractivity contribution in [3.05, 3.63) is 89.1 Å². The molecule has 2 N–H and O–H groups in total. The van der Waals surface area contributed by atoms with Crippen molar-refractivity contribution in [2.45, 2.75) is 29.7 Å². The molecule has 0 radical (unpaired) electrons. The van der Waals surface area contributed by atoms with Crippen molar-refractivity contribution in [3.8, 4) is 0 Å². The van der Waals surface area contributed by atoms with Crippen molar-refractivity contribution in [1.82, 2.24) is 18.9 Å². The molecule has 0 saturated carbocycles. The van der Waals surface area contributed by atoms with Crippen molar-refractivity contribution < 1.29 is 40.5 Å². The van der Waals surface area contributed by atoms with Crippen LogP contribution in [0.25, 0.3) is 10.9 Å². The molecular formula is C28H31FN4O8S2. The number of aromatic nitrogens is 2. The molecule has 1 amide bonds. The van der Waals surface area contributed by atoms with E-state index in [-0.39, 0.29) is 54.0 Å². The second-order valence-electron chi connectivity index (χ2n) is 9.88. The summed E-state index contributed by atoms with van der Waals surface area (Å²) in [6, 6.07) is 11.9. The second kappa shape index (κ2) is 12.9. The predicted molar refractivity (Wildman–Crippen MR) is 154 cm³/mol. The summed E-state index contributed by atoms with van der Waals surface area (Å²) in [6.07, 6.45) is 3.21. The first kappa shape index (κ1) is 32.2. The lowest BCUT2D eigenvalue weighted by molar-refractivity contribution is -0.0606. The van der Waals surface area contributed by atoms with Gasteiger partial charge < -0.3 is 9.30 Å². The second-order valence-corrected chi connectivity index (χ2v) is 13.3. The van der Waals surface area contributed by atoms with E-state index in [0.717, 1.165) is 11.1 Å². The molecule has 0 bridgehead atoms. The molecule has 2 aromatic heterocycles. The summed E-state index contributed by atoms with van der Waals surface area (Å²) in [5.74, 6) is -1.03. The van der Waals surface area contributed by atoms with Crippen LogP contribution in [0.4, 0.5) is 4.39 Å². The number of hydrogen-bond acceptors (Lipinski definition) is 8. The quantitative estimate of drug-likeness (QED) is 0.219. The molecule has 12 nitrogen and oxygen atoms in total. The van der Waals surface area contributed by atoms with Gasteiger partial charge in [-0.2, -0.15) is 12.7 Å². The van der Waals surface area contributed by atoms with Crippen LogP contribution in [0.2, 0.25) is 0 Å². The number of carbonyl (C=O) groups excluding carboxylic acids is 1. The number of fused-ring (bicyclic) bond motifs is 3.